The Balaban J connectivity index is 2.03. The monoisotopic (exact) mass is 379 g/mol. The van der Waals surface area contributed by atoms with Crippen LogP contribution in [0.3, 0.4) is 0 Å². The number of morpholine rings is 1. The Kier molecular flexibility index (Phi) is 5.71. The molecular weight excluding hydrogens is 357 g/mol. The number of benzene rings is 1. The fourth-order valence-corrected chi connectivity index (χ4v) is 3.86. The molecule has 0 aliphatic carbocycles. The quantitative estimate of drug-likeness (QED) is 0.761. The topological polar surface area (TPSA) is 113 Å². The number of ether oxygens (including phenoxy) is 1. The maximum Gasteiger partial charge on any atom is 0.326 e. The lowest BCUT2D eigenvalue weighted by molar-refractivity contribution is -0.149. The van der Waals surface area contributed by atoms with E-state index in [-0.39, 0.29) is 17.9 Å². The van der Waals surface area contributed by atoms with Gasteiger partial charge in [0, 0.05) is 18.7 Å². The summed E-state index contributed by atoms with van der Waals surface area (Å²) in [5.41, 5.74) is 5.59. The molecule has 0 radical (unpaired) electrons. The van der Waals surface area contributed by atoms with Crippen LogP contribution in [-0.4, -0.2) is 71.6 Å². The summed E-state index contributed by atoms with van der Waals surface area (Å²) in [6.07, 6.45) is -0.0870. The van der Waals surface area contributed by atoms with Crippen LogP contribution < -0.4 is 5.73 Å². The summed E-state index contributed by atoms with van der Waals surface area (Å²) in [6.45, 7) is 1.10. The number of amides is 2. The van der Waals surface area contributed by atoms with Gasteiger partial charge < -0.3 is 25.4 Å². The Morgan fingerprint density at radius 2 is 1.89 bits per heavy atom. The van der Waals surface area contributed by atoms with Crippen molar-refractivity contribution in [3.05, 3.63) is 35.6 Å². The molecule has 3 unspecified atom stereocenters. The number of carboxylic acid groups (broad SMARTS) is 1. The van der Waals surface area contributed by atoms with E-state index in [0.717, 1.165) is 4.90 Å². The first-order valence-electron chi connectivity index (χ1n) is 8.80. The summed E-state index contributed by atoms with van der Waals surface area (Å²) in [5, 5.41) is 9.60. The number of carboxylic acids is 1. The molecule has 1 aromatic carbocycles. The zero-order valence-electron chi connectivity index (χ0n) is 14.7. The summed E-state index contributed by atoms with van der Waals surface area (Å²) < 4.78 is 19.8. The van der Waals surface area contributed by atoms with Crippen molar-refractivity contribution >= 4 is 17.8 Å². The molecule has 2 aliphatic rings. The highest BCUT2D eigenvalue weighted by molar-refractivity contribution is 5.89. The number of carbonyl (C=O) groups excluding carboxylic acids is 2. The highest BCUT2D eigenvalue weighted by atomic mass is 19.1. The van der Waals surface area contributed by atoms with Crippen LogP contribution in [0.25, 0.3) is 0 Å². The second-order valence-corrected chi connectivity index (χ2v) is 6.61. The molecule has 2 fully saturated rings. The minimum atomic E-state index is -1.24. The van der Waals surface area contributed by atoms with Crippen molar-refractivity contribution in [3.8, 4) is 0 Å². The van der Waals surface area contributed by atoms with E-state index in [1.54, 1.807) is 11.0 Å². The number of halogens is 1. The first kappa shape index (κ1) is 19.2. The third kappa shape index (κ3) is 3.65. The maximum absolute atomic E-state index is 14.5. The van der Waals surface area contributed by atoms with Crippen LogP contribution >= 0.6 is 0 Å². The number of hydrogen-bond donors (Lipinski definition) is 2. The van der Waals surface area contributed by atoms with Gasteiger partial charge in [-0.2, -0.15) is 0 Å². The molecule has 2 heterocycles. The Morgan fingerprint density at radius 1 is 1.22 bits per heavy atom. The Morgan fingerprint density at radius 3 is 2.48 bits per heavy atom. The van der Waals surface area contributed by atoms with Crippen molar-refractivity contribution in [1.29, 1.82) is 0 Å². The fraction of sp³-hybridized carbons (Fsp3) is 0.500. The number of aliphatic carboxylic acids is 1. The number of likely N-dealkylation sites (tertiary alicyclic amines) is 1. The third-order valence-corrected chi connectivity index (χ3v) is 5.11. The number of nitrogens with two attached hydrogens (primary N) is 1. The number of rotatable bonds is 4. The predicted molar refractivity (Wildman–Crippen MR) is 92.0 cm³/mol. The summed E-state index contributed by atoms with van der Waals surface area (Å²) in [7, 11) is 0. The van der Waals surface area contributed by atoms with E-state index in [1.165, 1.54) is 18.2 Å². The average molecular weight is 379 g/mol. The van der Waals surface area contributed by atoms with Crippen molar-refractivity contribution in [1.82, 2.24) is 9.80 Å². The first-order chi connectivity index (χ1) is 13.0. The van der Waals surface area contributed by atoms with Gasteiger partial charge in [-0.15, -0.1) is 0 Å². The molecule has 0 aromatic heterocycles. The second-order valence-electron chi connectivity index (χ2n) is 6.61. The van der Waals surface area contributed by atoms with E-state index in [0.29, 0.717) is 26.3 Å². The largest absolute Gasteiger partial charge is 0.480 e. The molecule has 0 spiro atoms. The molecule has 0 bridgehead atoms. The Bertz CT molecular complexity index is 737. The summed E-state index contributed by atoms with van der Waals surface area (Å²) in [4.78, 5) is 39.9. The Hall–Kier alpha value is -2.52. The standard InChI is InChI=1S/C18H22FN3O5/c19-13-4-2-1-3-11(13)16-12(17(24)21-5-7-27-8-6-21)9-14(18(25)26)22(16)15(23)10-20/h1-4,12,14,16H,5-10,20H2,(H,25,26). The molecule has 2 saturated heterocycles. The van der Waals surface area contributed by atoms with E-state index < -0.39 is 42.2 Å². The minimum absolute atomic E-state index is 0.0870. The van der Waals surface area contributed by atoms with E-state index >= 15 is 0 Å². The number of hydrogen-bond acceptors (Lipinski definition) is 5. The lowest BCUT2D eigenvalue weighted by Crippen LogP contribution is -2.47. The predicted octanol–water partition coefficient (Wildman–Crippen LogP) is -0.0140. The molecule has 146 valence electrons. The van der Waals surface area contributed by atoms with E-state index in [4.69, 9.17) is 10.5 Å². The summed E-state index contributed by atoms with van der Waals surface area (Å²) in [6, 6.07) is 3.54. The van der Waals surface area contributed by atoms with E-state index in [1.807, 2.05) is 0 Å². The molecule has 3 N–H and O–H groups in total. The molecule has 2 aliphatic heterocycles. The highest BCUT2D eigenvalue weighted by Gasteiger charge is 2.51. The number of nitrogens with zero attached hydrogens (tertiary/aromatic N) is 2. The van der Waals surface area contributed by atoms with Gasteiger partial charge in [-0.3, -0.25) is 9.59 Å². The molecular formula is C18H22FN3O5. The van der Waals surface area contributed by atoms with E-state index in [9.17, 15) is 23.9 Å². The molecule has 1 aromatic rings. The van der Waals surface area contributed by atoms with Gasteiger partial charge >= 0.3 is 5.97 Å². The second kappa shape index (κ2) is 8.01. The Labute approximate surface area is 155 Å². The van der Waals surface area contributed by atoms with Crippen LogP contribution in [0.1, 0.15) is 18.0 Å². The van der Waals surface area contributed by atoms with E-state index in [2.05, 4.69) is 0 Å². The van der Waals surface area contributed by atoms with Crippen LogP contribution in [0.4, 0.5) is 4.39 Å². The van der Waals surface area contributed by atoms with Gasteiger partial charge in [0.15, 0.2) is 0 Å². The lowest BCUT2D eigenvalue weighted by Gasteiger charge is -2.33. The zero-order chi connectivity index (χ0) is 19.6. The lowest BCUT2D eigenvalue weighted by atomic mass is 9.91. The first-order valence-corrected chi connectivity index (χ1v) is 8.80. The normalized spacial score (nSPS) is 25.5. The van der Waals surface area contributed by atoms with Crippen LogP contribution in [0, 0.1) is 11.7 Å². The molecule has 8 nitrogen and oxygen atoms in total. The van der Waals surface area contributed by atoms with Crippen LogP contribution in [0.5, 0.6) is 0 Å². The van der Waals surface area contributed by atoms with Crippen LogP contribution in [-0.2, 0) is 19.1 Å². The molecule has 9 heteroatoms. The van der Waals surface area contributed by atoms with Crippen molar-refractivity contribution in [2.24, 2.45) is 11.7 Å². The maximum atomic E-state index is 14.5. The molecule has 3 atom stereocenters. The van der Waals surface area contributed by atoms with Crippen molar-refractivity contribution in [2.45, 2.75) is 18.5 Å². The molecule has 3 rings (SSSR count). The van der Waals surface area contributed by atoms with Gasteiger partial charge in [0.05, 0.1) is 31.7 Å². The van der Waals surface area contributed by atoms with Gasteiger partial charge in [0.25, 0.3) is 0 Å². The molecule has 0 saturated carbocycles. The molecule has 27 heavy (non-hydrogen) atoms. The minimum Gasteiger partial charge on any atom is -0.480 e. The SMILES string of the molecule is NCC(=O)N1C(C(=O)O)CC(C(=O)N2CCOCC2)C1c1ccccc1F. The van der Waals surface area contributed by atoms with Gasteiger partial charge in [0.1, 0.15) is 11.9 Å². The van der Waals surface area contributed by atoms with Crippen LogP contribution in [0.2, 0.25) is 0 Å². The fourth-order valence-electron chi connectivity index (χ4n) is 3.86. The molecule has 2 amide bonds. The van der Waals surface area contributed by atoms with Gasteiger partial charge in [0.2, 0.25) is 11.8 Å². The number of carbonyl (C=O) groups is 3. The smallest absolute Gasteiger partial charge is 0.326 e. The van der Waals surface area contributed by atoms with Gasteiger partial charge in [-0.05, 0) is 12.5 Å². The van der Waals surface area contributed by atoms with Crippen molar-refractivity contribution in [2.75, 3.05) is 32.8 Å². The summed E-state index contributed by atoms with van der Waals surface area (Å²) in [5.74, 6) is -3.63. The highest BCUT2D eigenvalue weighted by Crippen LogP contribution is 2.43. The average Bonchev–Trinajstić information content (AvgIpc) is 3.08. The van der Waals surface area contributed by atoms with Crippen molar-refractivity contribution in [3.63, 3.8) is 0 Å². The zero-order valence-corrected chi connectivity index (χ0v) is 14.7. The van der Waals surface area contributed by atoms with Gasteiger partial charge in [-0.25, -0.2) is 9.18 Å². The van der Waals surface area contributed by atoms with Crippen LogP contribution in [0.15, 0.2) is 24.3 Å². The third-order valence-electron chi connectivity index (χ3n) is 5.11. The van der Waals surface area contributed by atoms with Crippen molar-refractivity contribution < 1.29 is 28.6 Å². The summed E-state index contributed by atoms with van der Waals surface area (Å²) >= 11 is 0. The van der Waals surface area contributed by atoms with Gasteiger partial charge in [-0.1, -0.05) is 18.2 Å².